The van der Waals surface area contributed by atoms with E-state index in [4.69, 9.17) is 0 Å². The van der Waals surface area contributed by atoms with Gasteiger partial charge in [-0.15, -0.1) is 0 Å². The van der Waals surface area contributed by atoms with Crippen LogP contribution in [0.2, 0.25) is 0 Å². The van der Waals surface area contributed by atoms with Gasteiger partial charge in [-0.25, -0.2) is 0 Å². The highest BCUT2D eigenvalue weighted by Crippen LogP contribution is 2.50. The Hall–Kier alpha value is -0.260. The van der Waals surface area contributed by atoms with Crippen LogP contribution in [0.1, 0.15) is 103 Å². The van der Waals surface area contributed by atoms with Crippen LogP contribution in [0.5, 0.6) is 0 Å². The Labute approximate surface area is 139 Å². The monoisotopic (exact) mass is 302 g/mol. The second-order valence-corrected chi connectivity index (χ2v) is 8.79. The van der Waals surface area contributed by atoms with Crippen LogP contribution in [0.25, 0.3) is 0 Å². The topological polar surface area (TPSA) is 0 Å². The van der Waals surface area contributed by atoms with Gasteiger partial charge in [-0.1, -0.05) is 76.9 Å². The van der Waals surface area contributed by atoms with Gasteiger partial charge in [0.05, 0.1) is 0 Å². The fourth-order valence-corrected chi connectivity index (χ4v) is 5.72. The van der Waals surface area contributed by atoms with Gasteiger partial charge in [0.15, 0.2) is 0 Å². The maximum atomic E-state index is 2.76. The van der Waals surface area contributed by atoms with Crippen molar-refractivity contribution < 1.29 is 0 Å². The maximum Gasteiger partial charge on any atom is -0.00899 e. The largest absolute Gasteiger partial charge is 0.0849 e. The van der Waals surface area contributed by atoms with Crippen molar-refractivity contribution in [2.45, 2.75) is 103 Å². The molecule has 0 amide bonds. The number of hydrogen-bond acceptors (Lipinski definition) is 0. The highest BCUT2D eigenvalue weighted by Gasteiger charge is 2.39. The predicted octanol–water partition coefficient (Wildman–Crippen LogP) is 7.29. The van der Waals surface area contributed by atoms with Crippen molar-refractivity contribution >= 4 is 0 Å². The zero-order valence-electron chi connectivity index (χ0n) is 15.0. The lowest BCUT2D eigenvalue weighted by Gasteiger charge is -2.45. The summed E-state index contributed by atoms with van der Waals surface area (Å²) in [5, 5.41) is 0. The lowest BCUT2D eigenvalue weighted by Crippen LogP contribution is -2.36. The van der Waals surface area contributed by atoms with Crippen molar-refractivity contribution in [2.24, 2.45) is 23.2 Å². The quantitative estimate of drug-likeness (QED) is 0.478. The highest BCUT2D eigenvalue weighted by molar-refractivity contribution is 5.07. The molecule has 0 N–H and O–H groups in total. The molecular formula is C22H38. The van der Waals surface area contributed by atoms with E-state index >= 15 is 0 Å². The summed E-state index contributed by atoms with van der Waals surface area (Å²) in [6.07, 6.45) is 27.7. The van der Waals surface area contributed by atoms with Crippen LogP contribution in [-0.4, -0.2) is 0 Å². The van der Waals surface area contributed by atoms with Gasteiger partial charge in [0.1, 0.15) is 0 Å². The molecule has 0 aliphatic heterocycles. The molecule has 0 nitrogen and oxygen atoms in total. The summed E-state index contributed by atoms with van der Waals surface area (Å²) >= 11 is 0. The minimum absolute atomic E-state index is 0.512. The first-order valence-corrected chi connectivity index (χ1v) is 10.5. The van der Waals surface area contributed by atoms with Gasteiger partial charge < -0.3 is 0 Å². The molecule has 0 unspecified atom stereocenters. The Morgan fingerprint density at radius 3 is 1.45 bits per heavy atom. The van der Waals surface area contributed by atoms with Gasteiger partial charge in [-0.3, -0.25) is 0 Å². The molecule has 0 aromatic carbocycles. The Bertz CT molecular complexity index is 317. The SMILES string of the molecule is CC(C=CC1CCCCC1)(C1CCCCC1)C1CCCCC1. The molecule has 126 valence electrons. The van der Waals surface area contributed by atoms with Crippen molar-refractivity contribution in [1.82, 2.24) is 0 Å². The van der Waals surface area contributed by atoms with Crippen LogP contribution in [0.15, 0.2) is 12.2 Å². The van der Waals surface area contributed by atoms with Gasteiger partial charge in [-0.2, -0.15) is 0 Å². The van der Waals surface area contributed by atoms with Gasteiger partial charge in [0.25, 0.3) is 0 Å². The number of allylic oxidation sites excluding steroid dienone is 2. The minimum Gasteiger partial charge on any atom is -0.0849 e. The summed E-state index contributed by atoms with van der Waals surface area (Å²) in [4.78, 5) is 0. The Morgan fingerprint density at radius 1 is 0.591 bits per heavy atom. The van der Waals surface area contributed by atoms with Gasteiger partial charge in [0, 0.05) is 0 Å². The molecule has 0 spiro atoms. The molecule has 3 rings (SSSR count). The van der Waals surface area contributed by atoms with Gasteiger partial charge >= 0.3 is 0 Å². The van der Waals surface area contributed by atoms with Crippen molar-refractivity contribution in [2.75, 3.05) is 0 Å². The molecule has 0 atom stereocenters. The fourth-order valence-electron chi connectivity index (χ4n) is 5.72. The molecule has 0 aromatic heterocycles. The Balaban J connectivity index is 1.73. The standard InChI is InChI=1S/C22H38/c1-22(20-13-7-3-8-14-20,21-15-9-4-10-16-21)18-17-19-11-5-2-6-12-19/h17-21H,2-16H2,1H3. The third-order valence-corrected chi connectivity index (χ3v) is 7.35. The summed E-state index contributed by atoms with van der Waals surface area (Å²) in [6, 6.07) is 0. The molecule has 0 saturated heterocycles. The highest BCUT2D eigenvalue weighted by atomic mass is 14.4. The first-order chi connectivity index (χ1) is 10.8. The van der Waals surface area contributed by atoms with Gasteiger partial charge in [0.2, 0.25) is 0 Å². The second kappa shape index (κ2) is 8.02. The van der Waals surface area contributed by atoms with Crippen LogP contribution in [-0.2, 0) is 0 Å². The van der Waals surface area contributed by atoms with Crippen molar-refractivity contribution in [3.8, 4) is 0 Å². The van der Waals surface area contributed by atoms with E-state index in [1.54, 1.807) is 0 Å². The second-order valence-electron chi connectivity index (χ2n) is 8.79. The summed E-state index contributed by atoms with van der Waals surface area (Å²) in [5.41, 5.74) is 0.512. The van der Waals surface area contributed by atoms with Crippen LogP contribution in [0.3, 0.4) is 0 Å². The van der Waals surface area contributed by atoms with Crippen LogP contribution in [0, 0.1) is 23.2 Å². The molecule has 0 bridgehead atoms. The van der Waals surface area contributed by atoms with Crippen molar-refractivity contribution in [3.63, 3.8) is 0 Å². The zero-order chi connectivity index (χ0) is 15.3. The summed E-state index contributed by atoms with van der Waals surface area (Å²) in [6.45, 7) is 2.65. The van der Waals surface area contributed by atoms with Crippen LogP contribution >= 0.6 is 0 Å². The molecule has 0 radical (unpaired) electrons. The molecule has 0 aromatic rings. The van der Waals surface area contributed by atoms with Gasteiger partial charge in [-0.05, 0) is 61.7 Å². The van der Waals surface area contributed by atoms with E-state index in [1.165, 1.54) is 96.3 Å². The molecule has 22 heavy (non-hydrogen) atoms. The molecular weight excluding hydrogens is 264 g/mol. The number of rotatable bonds is 4. The molecule has 0 heterocycles. The molecule has 0 heteroatoms. The van der Waals surface area contributed by atoms with Crippen LogP contribution in [0.4, 0.5) is 0 Å². The smallest absolute Gasteiger partial charge is 0.00899 e. The van der Waals surface area contributed by atoms with E-state index in [0.717, 1.165) is 17.8 Å². The summed E-state index contributed by atoms with van der Waals surface area (Å²) in [7, 11) is 0. The molecule has 3 aliphatic rings. The lowest BCUT2D eigenvalue weighted by molar-refractivity contribution is 0.0864. The summed E-state index contributed by atoms with van der Waals surface area (Å²) in [5.74, 6) is 2.86. The first kappa shape index (κ1) is 16.6. The van der Waals surface area contributed by atoms with E-state index in [1.807, 2.05) is 0 Å². The average Bonchev–Trinajstić information content (AvgIpc) is 2.62. The molecule has 3 fully saturated rings. The van der Waals surface area contributed by atoms with E-state index in [9.17, 15) is 0 Å². The Kier molecular flexibility index (Phi) is 6.05. The minimum atomic E-state index is 0.512. The third kappa shape index (κ3) is 3.98. The Morgan fingerprint density at radius 2 is 1.00 bits per heavy atom. The normalized spacial score (nSPS) is 27.5. The summed E-state index contributed by atoms with van der Waals surface area (Å²) < 4.78 is 0. The predicted molar refractivity (Wildman–Crippen MR) is 97.0 cm³/mol. The van der Waals surface area contributed by atoms with E-state index in [0.29, 0.717) is 5.41 Å². The fraction of sp³-hybridized carbons (Fsp3) is 0.909. The molecule has 3 saturated carbocycles. The van der Waals surface area contributed by atoms with Crippen molar-refractivity contribution in [3.05, 3.63) is 12.2 Å². The first-order valence-electron chi connectivity index (χ1n) is 10.5. The van der Waals surface area contributed by atoms with E-state index in [-0.39, 0.29) is 0 Å². The molecule has 3 aliphatic carbocycles. The third-order valence-electron chi connectivity index (χ3n) is 7.35. The number of hydrogen-bond donors (Lipinski definition) is 0. The van der Waals surface area contributed by atoms with Crippen molar-refractivity contribution in [1.29, 1.82) is 0 Å². The maximum absolute atomic E-state index is 2.76. The average molecular weight is 303 g/mol. The zero-order valence-corrected chi connectivity index (χ0v) is 15.0. The van der Waals surface area contributed by atoms with E-state index in [2.05, 4.69) is 19.1 Å². The van der Waals surface area contributed by atoms with E-state index < -0.39 is 0 Å². The van der Waals surface area contributed by atoms with Crippen LogP contribution < -0.4 is 0 Å². The lowest BCUT2D eigenvalue weighted by atomic mass is 9.59.